The van der Waals surface area contributed by atoms with Crippen molar-refractivity contribution >= 4 is 39.2 Å². The predicted molar refractivity (Wildman–Crippen MR) is 98.9 cm³/mol. The molecule has 1 fully saturated rings. The number of rotatable bonds is 5. The summed E-state index contributed by atoms with van der Waals surface area (Å²) < 4.78 is 27.3. The normalized spacial score (nSPS) is 19.9. The van der Waals surface area contributed by atoms with Crippen LogP contribution in [0.2, 0.25) is 0 Å². The predicted octanol–water partition coefficient (Wildman–Crippen LogP) is 3.27. The number of aryl methyl sites for hydroxylation is 2. The van der Waals surface area contributed by atoms with Crippen molar-refractivity contribution in [1.29, 1.82) is 0 Å². The van der Waals surface area contributed by atoms with Gasteiger partial charge in [-0.05, 0) is 19.4 Å². The molecule has 0 radical (unpaired) electrons. The molecule has 0 bridgehead atoms. The van der Waals surface area contributed by atoms with Gasteiger partial charge in [0.2, 0.25) is 5.91 Å². The minimum absolute atomic E-state index is 0.0353. The number of hydrogen-bond donors (Lipinski definition) is 1. The second-order valence-corrected chi connectivity index (χ2v) is 8.76. The molecule has 1 saturated heterocycles. The van der Waals surface area contributed by atoms with E-state index >= 15 is 0 Å². The fourth-order valence-corrected chi connectivity index (χ4v) is 5.10. The average molecular weight is 402 g/mol. The van der Waals surface area contributed by atoms with E-state index in [9.17, 15) is 13.6 Å². The first-order chi connectivity index (χ1) is 12.3. The maximum atomic E-state index is 13.7. The van der Waals surface area contributed by atoms with Crippen LogP contribution in [0.5, 0.6) is 0 Å². The Balaban J connectivity index is 1.60. The lowest BCUT2D eigenvalue weighted by molar-refractivity contribution is -0.148. The minimum atomic E-state index is -2.90. The van der Waals surface area contributed by atoms with E-state index in [0.717, 1.165) is 20.8 Å². The zero-order chi connectivity index (χ0) is 18.9. The Morgan fingerprint density at radius 3 is 2.96 bits per heavy atom. The van der Waals surface area contributed by atoms with Crippen LogP contribution in [0.25, 0.3) is 10.2 Å². The standard InChI is InChI=1S/C17H21F2N3O2S2/c1-10-11(2)26-16-14(10)15(20-9-21-16)25-6-3-13(24)22-5-4-17(18,19)12(7-22)8-23/h9,12,23H,3-8H2,1-2H3/t12-/m0/s1. The molecule has 1 aliphatic heterocycles. The lowest BCUT2D eigenvalue weighted by Crippen LogP contribution is -2.50. The zero-order valence-electron chi connectivity index (χ0n) is 14.7. The van der Waals surface area contributed by atoms with Gasteiger partial charge < -0.3 is 10.0 Å². The molecule has 1 amide bonds. The Morgan fingerprint density at radius 2 is 2.23 bits per heavy atom. The minimum Gasteiger partial charge on any atom is -0.396 e. The van der Waals surface area contributed by atoms with E-state index in [1.165, 1.54) is 27.9 Å². The summed E-state index contributed by atoms with van der Waals surface area (Å²) in [7, 11) is 0. The first-order valence-corrected chi connectivity index (χ1v) is 10.2. The SMILES string of the molecule is Cc1sc2ncnc(SCCC(=O)N3CCC(F)(F)[C@H](CO)C3)c2c1C. The number of alkyl halides is 2. The van der Waals surface area contributed by atoms with Gasteiger partial charge in [-0.1, -0.05) is 0 Å². The van der Waals surface area contributed by atoms with Gasteiger partial charge in [-0.25, -0.2) is 18.7 Å². The molecule has 0 saturated carbocycles. The summed E-state index contributed by atoms with van der Waals surface area (Å²) in [5.74, 6) is -3.71. The average Bonchev–Trinajstić information content (AvgIpc) is 2.89. The fraction of sp³-hybridized carbons (Fsp3) is 0.588. The highest BCUT2D eigenvalue weighted by Gasteiger charge is 2.44. The molecule has 1 aliphatic rings. The summed E-state index contributed by atoms with van der Waals surface area (Å²) in [6.45, 7) is 3.42. The molecule has 3 rings (SSSR count). The van der Waals surface area contributed by atoms with Crippen molar-refractivity contribution in [3.8, 4) is 0 Å². The number of hydrogen-bond acceptors (Lipinski definition) is 6. The van der Waals surface area contributed by atoms with Gasteiger partial charge in [0.15, 0.2) is 0 Å². The Labute approximate surface area is 158 Å². The quantitative estimate of drug-likeness (QED) is 0.615. The Bertz CT molecular complexity index is 813. The van der Waals surface area contributed by atoms with Gasteiger partial charge in [0.05, 0.1) is 12.5 Å². The molecular weight excluding hydrogens is 380 g/mol. The van der Waals surface area contributed by atoms with E-state index in [-0.39, 0.29) is 25.4 Å². The maximum absolute atomic E-state index is 13.7. The number of piperidine rings is 1. The maximum Gasteiger partial charge on any atom is 0.256 e. The van der Waals surface area contributed by atoms with Gasteiger partial charge >= 0.3 is 0 Å². The topological polar surface area (TPSA) is 66.3 Å². The molecule has 142 valence electrons. The summed E-state index contributed by atoms with van der Waals surface area (Å²) in [6, 6.07) is 0. The molecule has 0 spiro atoms. The highest BCUT2D eigenvalue weighted by molar-refractivity contribution is 7.99. The largest absolute Gasteiger partial charge is 0.396 e. The second-order valence-electron chi connectivity index (χ2n) is 6.47. The third-order valence-corrected chi connectivity index (χ3v) is 6.92. The summed E-state index contributed by atoms with van der Waals surface area (Å²) >= 11 is 3.11. The number of halogens is 2. The summed E-state index contributed by atoms with van der Waals surface area (Å²) in [4.78, 5) is 24.6. The highest BCUT2D eigenvalue weighted by Crippen LogP contribution is 2.35. The van der Waals surface area contributed by atoms with Crippen LogP contribution in [0, 0.1) is 19.8 Å². The highest BCUT2D eigenvalue weighted by atomic mass is 32.2. The third-order valence-electron chi connectivity index (χ3n) is 4.81. The number of fused-ring (bicyclic) bond motifs is 1. The molecule has 9 heteroatoms. The first-order valence-electron chi connectivity index (χ1n) is 8.43. The van der Waals surface area contributed by atoms with Crippen LogP contribution in [0.3, 0.4) is 0 Å². The van der Waals surface area contributed by atoms with Crippen molar-refractivity contribution in [2.24, 2.45) is 5.92 Å². The van der Waals surface area contributed by atoms with Crippen molar-refractivity contribution < 1.29 is 18.7 Å². The van der Waals surface area contributed by atoms with Crippen molar-refractivity contribution in [2.45, 2.75) is 37.6 Å². The van der Waals surface area contributed by atoms with Crippen LogP contribution in [0.1, 0.15) is 23.3 Å². The number of likely N-dealkylation sites (tertiary alicyclic amines) is 1. The van der Waals surface area contributed by atoms with E-state index < -0.39 is 24.9 Å². The van der Waals surface area contributed by atoms with Crippen molar-refractivity contribution in [1.82, 2.24) is 14.9 Å². The van der Waals surface area contributed by atoms with Gasteiger partial charge in [0.25, 0.3) is 5.92 Å². The van der Waals surface area contributed by atoms with Gasteiger partial charge in [0, 0.05) is 41.9 Å². The monoisotopic (exact) mass is 401 g/mol. The number of aliphatic hydroxyl groups excluding tert-OH is 1. The van der Waals surface area contributed by atoms with Crippen LogP contribution in [0.15, 0.2) is 11.4 Å². The van der Waals surface area contributed by atoms with E-state index in [1.807, 2.05) is 13.8 Å². The summed E-state index contributed by atoms with van der Waals surface area (Å²) in [5.41, 5.74) is 1.16. The Morgan fingerprint density at radius 1 is 1.46 bits per heavy atom. The van der Waals surface area contributed by atoms with Gasteiger partial charge in [-0.2, -0.15) is 0 Å². The molecule has 2 aromatic rings. The van der Waals surface area contributed by atoms with Crippen LogP contribution in [0.4, 0.5) is 8.78 Å². The van der Waals surface area contributed by atoms with E-state index in [2.05, 4.69) is 9.97 Å². The number of aliphatic hydroxyl groups is 1. The van der Waals surface area contributed by atoms with E-state index in [4.69, 9.17) is 5.11 Å². The van der Waals surface area contributed by atoms with Crippen LogP contribution in [-0.4, -0.2) is 57.3 Å². The molecule has 1 N–H and O–H groups in total. The molecule has 1 atom stereocenters. The molecule has 5 nitrogen and oxygen atoms in total. The van der Waals surface area contributed by atoms with Crippen molar-refractivity contribution in [2.75, 3.05) is 25.4 Å². The molecule has 26 heavy (non-hydrogen) atoms. The van der Waals surface area contributed by atoms with Crippen molar-refractivity contribution in [3.63, 3.8) is 0 Å². The number of thioether (sulfide) groups is 1. The smallest absolute Gasteiger partial charge is 0.256 e. The summed E-state index contributed by atoms with van der Waals surface area (Å²) in [5, 5.41) is 11.0. The lowest BCUT2D eigenvalue weighted by Gasteiger charge is -2.37. The fourth-order valence-electron chi connectivity index (χ4n) is 3.05. The number of thiophene rings is 1. The molecule has 0 unspecified atom stereocenters. The molecule has 2 aromatic heterocycles. The number of carbonyl (C=O) groups is 1. The summed E-state index contributed by atoms with van der Waals surface area (Å²) in [6.07, 6.45) is 1.39. The van der Waals surface area contributed by atoms with Crippen LogP contribution < -0.4 is 0 Å². The van der Waals surface area contributed by atoms with Crippen molar-refractivity contribution in [3.05, 3.63) is 16.8 Å². The molecular formula is C17H21F2N3O2S2. The Kier molecular flexibility index (Phi) is 5.78. The number of amides is 1. The number of carbonyl (C=O) groups excluding carboxylic acids is 1. The molecule has 3 heterocycles. The molecule has 0 aliphatic carbocycles. The zero-order valence-corrected chi connectivity index (χ0v) is 16.3. The van der Waals surface area contributed by atoms with E-state index in [0.29, 0.717) is 5.75 Å². The third kappa shape index (κ3) is 3.84. The van der Waals surface area contributed by atoms with Crippen LogP contribution >= 0.6 is 23.1 Å². The first kappa shape index (κ1) is 19.4. The van der Waals surface area contributed by atoms with Crippen LogP contribution in [-0.2, 0) is 4.79 Å². The van der Waals surface area contributed by atoms with Gasteiger partial charge in [0.1, 0.15) is 16.2 Å². The Hall–Kier alpha value is -1.32. The second kappa shape index (κ2) is 7.74. The lowest BCUT2D eigenvalue weighted by atomic mass is 9.94. The number of nitrogens with zero attached hydrogens (tertiary/aromatic N) is 3. The molecule has 0 aromatic carbocycles. The number of aromatic nitrogens is 2. The van der Waals surface area contributed by atoms with Gasteiger partial charge in [-0.3, -0.25) is 4.79 Å². The van der Waals surface area contributed by atoms with E-state index in [1.54, 1.807) is 11.3 Å². The van der Waals surface area contributed by atoms with Gasteiger partial charge in [-0.15, -0.1) is 23.1 Å².